The van der Waals surface area contributed by atoms with Crippen LogP contribution in [0, 0.1) is 0 Å². The second kappa shape index (κ2) is 52.8. The third kappa shape index (κ3) is 45.9. The van der Waals surface area contributed by atoms with E-state index < -0.39 is 36.9 Å². The third-order valence-corrected chi connectivity index (χ3v) is 13.6. The Morgan fingerprint density at radius 1 is 0.375 bits per heavy atom. The number of unbranched alkanes of at least 4 members (excludes halogenated alkanes) is 40. The van der Waals surface area contributed by atoms with Crippen molar-refractivity contribution in [2.24, 2.45) is 0 Å². The lowest BCUT2D eigenvalue weighted by Crippen LogP contribution is -2.53. The molecule has 0 aliphatic heterocycles. The number of nitrogens with one attached hydrogen (secondary N) is 1. The summed E-state index contributed by atoms with van der Waals surface area (Å²) in [5.41, 5.74) is 0. The average Bonchev–Trinajstić information content (AvgIpc) is 3.30. The predicted molar refractivity (Wildman–Crippen MR) is 279 cm³/mol. The van der Waals surface area contributed by atoms with Crippen LogP contribution in [0.3, 0.4) is 0 Å². The van der Waals surface area contributed by atoms with E-state index in [0.717, 1.165) is 44.9 Å². The van der Waals surface area contributed by atoms with Crippen LogP contribution in [0.15, 0.2) is 24.3 Å². The summed E-state index contributed by atoms with van der Waals surface area (Å²) < 4.78 is 0. The molecule has 0 saturated carbocycles. The minimum absolute atomic E-state index is 0.358. The molecule has 6 nitrogen and oxygen atoms in total. The molecule has 0 aliphatic rings. The predicted octanol–water partition coefficient (Wildman–Crippen LogP) is 16.6. The van der Waals surface area contributed by atoms with Gasteiger partial charge in [0, 0.05) is 0 Å². The number of amides is 1. The fourth-order valence-corrected chi connectivity index (χ4v) is 9.11. The molecule has 0 rings (SSSR count). The summed E-state index contributed by atoms with van der Waals surface area (Å²) in [6, 6.07) is -1.00. The summed E-state index contributed by atoms with van der Waals surface area (Å²) in [4.78, 5) is 12.6. The molecule has 1 amide bonds. The number of aliphatic hydroxyl groups is 4. The number of hydrogen-bond donors (Lipinski definition) is 5. The van der Waals surface area contributed by atoms with Crippen molar-refractivity contribution in [1.29, 1.82) is 0 Å². The van der Waals surface area contributed by atoms with Crippen LogP contribution in [0.2, 0.25) is 0 Å². The summed E-state index contributed by atoms with van der Waals surface area (Å²) in [5, 5.41) is 44.0. The molecule has 0 radical (unpaired) electrons. The maximum Gasteiger partial charge on any atom is 0.249 e. The van der Waals surface area contributed by atoms with Crippen molar-refractivity contribution in [3.05, 3.63) is 24.3 Å². The van der Waals surface area contributed by atoms with Crippen LogP contribution in [0.5, 0.6) is 0 Å². The second-order valence-corrected chi connectivity index (χ2v) is 20.0. The average molecular weight is 905 g/mol. The summed E-state index contributed by atoms with van der Waals surface area (Å²) in [6.07, 6.45) is 64.0. The van der Waals surface area contributed by atoms with Gasteiger partial charge in [0.2, 0.25) is 5.91 Å². The van der Waals surface area contributed by atoms with Crippen molar-refractivity contribution in [3.8, 4) is 0 Å². The van der Waals surface area contributed by atoms with Gasteiger partial charge in [-0.25, -0.2) is 0 Å². The van der Waals surface area contributed by atoms with Gasteiger partial charge in [0.15, 0.2) is 0 Å². The molecule has 380 valence electrons. The second-order valence-electron chi connectivity index (χ2n) is 20.0. The van der Waals surface area contributed by atoms with Crippen molar-refractivity contribution >= 4 is 5.91 Å². The van der Waals surface area contributed by atoms with E-state index in [1.165, 1.54) is 238 Å². The van der Waals surface area contributed by atoms with Crippen LogP contribution < -0.4 is 5.32 Å². The summed E-state index contributed by atoms with van der Waals surface area (Å²) in [7, 11) is 0. The highest BCUT2D eigenvalue weighted by Gasteiger charge is 2.28. The van der Waals surface area contributed by atoms with Crippen molar-refractivity contribution in [3.63, 3.8) is 0 Å². The number of rotatable bonds is 53. The molecule has 0 aromatic carbocycles. The molecule has 6 heteroatoms. The van der Waals surface area contributed by atoms with E-state index in [9.17, 15) is 25.2 Å². The highest BCUT2D eigenvalue weighted by Crippen LogP contribution is 2.18. The molecule has 64 heavy (non-hydrogen) atoms. The standard InChI is InChI=1S/C58H113NO5/c1-3-5-7-9-11-13-15-17-19-21-23-25-26-27-28-29-30-32-33-35-37-39-41-43-45-47-49-51-55(61)57(63)54(53-60)59-58(64)56(62)52-50-48-46-44-42-40-38-36-34-31-24-22-20-18-16-14-12-10-8-6-4-2/h34,36,43,45,54-57,60-63H,3-33,35,37-42,44,46-53H2,1-2H3,(H,59,64)/b36-34-,45-43+. The molecule has 0 heterocycles. The van der Waals surface area contributed by atoms with Gasteiger partial charge in [-0.15, -0.1) is 0 Å². The Kier molecular flexibility index (Phi) is 51.8. The lowest BCUT2D eigenvalue weighted by atomic mass is 10.00. The molecule has 0 fully saturated rings. The van der Waals surface area contributed by atoms with Crippen molar-refractivity contribution in [1.82, 2.24) is 5.32 Å². The highest BCUT2D eigenvalue weighted by molar-refractivity contribution is 5.80. The normalized spacial score (nSPS) is 13.9. The van der Waals surface area contributed by atoms with Crippen LogP contribution in [-0.4, -0.2) is 57.3 Å². The van der Waals surface area contributed by atoms with Gasteiger partial charge in [0.25, 0.3) is 0 Å². The van der Waals surface area contributed by atoms with E-state index in [1.54, 1.807) is 0 Å². The first-order valence-corrected chi connectivity index (χ1v) is 28.7. The molecule has 4 unspecified atom stereocenters. The molecule has 5 N–H and O–H groups in total. The number of allylic oxidation sites excluding steroid dienone is 4. The first-order chi connectivity index (χ1) is 31.5. The van der Waals surface area contributed by atoms with E-state index in [0.29, 0.717) is 12.8 Å². The van der Waals surface area contributed by atoms with E-state index in [2.05, 4.69) is 43.5 Å². The number of hydrogen-bond acceptors (Lipinski definition) is 5. The zero-order valence-electron chi connectivity index (χ0n) is 43.0. The Morgan fingerprint density at radius 3 is 0.938 bits per heavy atom. The minimum atomic E-state index is -1.28. The minimum Gasteiger partial charge on any atom is -0.394 e. The maximum absolute atomic E-state index is 12.6. The molecule has 0 aromatic heterocycles. The summed E-state index contributed by atoms with van der Waals surface area (Å²) >= 11 is 0. The van der Waals surface area contributed by atoms with Gasteiger partial charge in [0.1, 0.15) is 12.2 Å². The Labute approximate surface area is 399 Å². The van der Waals surface area contributed by atoms with Crippen LogP contribution in [0.4, 0.5) is 0 Å². The van der Waals surface area contributed by atoms with E-state index in [-0.39, 0.29) is 0 Å². The molecular formula is C58H113NO5. The fourth-order valence-electron chi connectivity index (χ4n) is 9.11. The molecule has 0 aliphatic carbocycles. The van der Waals surface area contributed by atoms with Gasteiger partial charge in [-0.2, -0.15) is 0 Å². The fraction of sp³-hybridized carbons (Fsp3) is 0.914. The van der Waals surface area contributed by atoms with Gasteiger partial charge in [-0.05, 0) is 64.2 Å². The third-order valence-electron chi connectivity index (χ3n) is 13.6. The SMILES string of the molecule is CCCCCCCCCCCCC/C=C\CCCCCCCCC(O)C(=O)NC(CO)C(O)C(O)CCC/C=C/CCCCCCCCCCCCCCCCCCCCCCCC. The quantitative estimate of drug-likeness (QED) is 0.0308. The smallest absolute Gasteiger partial charge is 0.249 e. The molecule has 0 bridgehead atoms. The van der Waals surface area contributed by atoms with Gasteiger partial charge in [-0.1, -0.05) is 269 Å². The van der Waals surface area contributed by atoms with Gasteiger partial charge < -0.3 is 25.7 Å². The van der Waals surface area contributed by atoms with Gasteiger partial charge in [-0.3, -0.25) is 4.79 Å². The molecular weight excluding hydrogens is 791 g/mol. The topological polar surface area (TPSA) is 110 Å². The lowest BCUT2D eigenvalue weighted by Gasteiger charge is -2.27. The number of aliphatic hydroxyl groups excluding tert-OH is 4. The van der Waals surface area contributed by atoms with E-state index in [4.69, 9.17) is 0 Å². The summed E-state index contributed by atoms with van der Waals surface area (Å²) in [6.45, 7) is 4.08. The van der Waals surface area contributed by atoms with Gasteiger partial charge in [0.05, 0.1) is 18.8 Å². The van der Waals surface area contributed by atoms with Crippen LogP contribution >= 0.6 is 0 Å². The number of carbonyl (C=O) groups excluding carboxylic acids is 1. The highest BCUT2D eigenvalue weighted by atomic mass is 16.3. The van der Waals surface area contributed by atoms with Crippen molar-refractivity contribution in [2.75, 3.05) is 6.61 Å². The molecule has 0 saturated heterocycles. The zero-order valence-corrected chi connectivity index (χ0v) is 43.0. The molecule has 0 spiro atoms. The Bertz CT molecular complexity index is 970. The molecule has 0 aromatic rings. The monoisotopic (exact) mass is 904 g/mol. The zero-order chi connectivity index (χ0) is 46.7. The number of carbonyl (C=O) groups is 1. The lowest BCUT2D eigenvalue weighted by molar-refractivity contribution is -0.132. The van der Waals surface area contributed by atoms with E-state index in [1.807, 2.05) is 0 Å². The maximum atomic E-state index is 12.6. The molecule has 4 atom stereocenters. The first kappa shape index (κ1) is 62.8. The summed E-state index contributed by atoms with van der Waals surface area (Å²) in [5.74, 6) is -0.594. The van der Waals surface area contributed by atoms with Gasteiger partial charge >= 0.3 is 0 Å². The Morgan fingerprint density at radius 2 is 0.641 bits per heavy atom. The van der Waals surface area contributed by atoms with E-state index >= 15 is 0 Å². The van der Waals surface area contributed by atoms with Crippen molar-refractivity contribution in [2.45, 2.75) is 334 Å². The Balaban J connectivity index is 3.65. The van der Waals surface area contributed by atoms with Crippen LogP contribution in [0.1, 0.15) is 309 Å². The first-order valence-electron chi connectivity index (χ1n) is 28.7. The Hall–Kier alpha value is -1.21. The van der Waals surface area contributed by atoms with Crippen LogP contribution in [0.25, 0.3) is 0 Å². The van der Waals surface area contributed by atoms with Crippen molar-refractivity contribution < 1.29 is 25.2 Å². The largest absolute Gasteiger partial charge is 0.394 e. The van der Waals surface area contributed by atoms with Crippen LogP contribution in [-0.2, 0) is 4.79 Å².